The van der Waals surface area contributed by atoms with E-state index in [0.29, 0.717) is 10.9 Å². The number of nitrogens with two attached hydrogens (primary N) is 1. The van der Waals surface area contributed by atoms with Gasteiger partial charge in [-0.2, -0.15) is 5.10 Å². The van der Waals surface area contributed by atoms with Crippen molar-refractivity contribution in [2.45, 2.75) is 38.5 Å². The number of nitrogens with zero attached hydrogens (tertiary/aromatic N) is 2. The van der Waals surface area contributed by atoms with Gasteiger partial charge in [0.25, 0.3) is 0 Å². The molecule has 0 saturated heterocycles. The highest BCUT2D eigenvalue weighted by atomic mass is 35.5. The molecule has 0 bridgehead atoms. The number of methoxy groups -OCH3 is 1. The molecule has 4 nitrogen and oxygen atoms in total. The van der Waals surface area contributed by atoms with Crippen molar-refractivity contribution < 1.29 is 4.74 Å². The molecular formula is C11H18ClN3O. The lowest BCUT2D eigenvalue weighted by Crippen LogP contribution is -2.32. The SMILES string of the molecule is CCn1ncc(Cl)c1C(N)C(OC)C1CC1. The van der Waals surface area contributed by atoms with Gasteiger partial charge in [-0.15, -0.1) is 0 Å². The fourth-order valence-electron chi connectivity index (χ4n) is 2.17. The molecule has 2 atom stereocenters. The van der Waals surface area contributed by atoms with Gasteiger partial charge in [0.15, 0.2) is 0 Å². The molecule has 0 aromatic carbocycles. The van der Waals surface area contributed by atoms with E-state index in [2.05, 4.69) is 5.10 Å². The summed E-state index contributed by atoms with van der Waals surface area (Å²) in [5.74, 6) is 0.580. The number of aromatic nitrogens is 2. The van der Waals surface area contributed by atoms with Crippen molar-refractivity contribution in [2.75, 3.05) is 7.11 Å². The molecule has 1 fully saturated rings. The van der Waals surface area contributed by atoms with Crippen LogP contribution in [0.3, 0.4) is 0 Å². The molecule has 2 rings (SSSR count). The highest BCUT2D eigenvalue weighted by Crippen LogP contribution is 2.40. The van der Waals surface area contributed by atoms with Gasteiger partial charge in [-0.1, -0.05) is 11.6 Å². The third-order valence-electron chi connectivity index (χ3n) is 3.16. The van der Waals surface area contributed by atoms with Gasteiger partial charge in [0.05, 0.1) is 29.1 Å². The van der Waals surface area contributed by atoms with Gasteiger partial charge >= 0.3 is 0 Å². The lowest BCUT2D eigenvalue weighted by molar-refractivity contribution is 0.0600. The van der Waals surface area contributed by atoms with Gasteiger partial charge in [0.2, 0.25) is 0 Å². The third kappa shape index (κ3) is 2.10. The molecule has 1 aromatic rings. The Kier molecular flexibility index (Phi) is 3.52. The van der Waals surface area contributed by atoms with Crippen molar-refractivity contribution in [3.8, 4) is 0 Å². The number of rotatable bonds is 5. The van der Waals surface area contributed by atoms with E-state index in [-0.39, 0.29) is 12.1 Å². The Labute approximate surface area is 101 Å². The number of aryl methyl sites for hydroxylation is 1. The fraction of sp³-hybridized carbons (Fsp3) is 0.727. The summed E-state index contributed by atoms with van der Waals surface area (Å²) in [4.78, 5) is 0. The Morgan fingerprint density at radius 3 is 2.88 bits per heavy atom. The summed E-state index contributed by atoms with van der Waals surface area (Å²) in [6.45, 7) is 2.80. The summed E-state index contributed by atoms with van der Waals surface area (Å²) in [6.07, 6.45) is 4.10. The van der Waals surface area contributed by atoms with E-state index in [4.69, 9.17) is 22.1 Å². The highest BCUT2D eigenvalue weighted by Gasteiger charge is 2.37. The molecule has 0 aliphatic heterocycles. The fourth-order valence-corrected chi connectivity index (χ4v) is 2.44. The van der Waals surface area contributed by atoms with Crippen molar-refractivity contribution >= 4 is 11.6 Å². The van der Waals surface area contributed by atoms with E-state index in [0.717, 1.165) is 12.2 Å². The number of hydrogen-bond donors (Lipinski definition) is 1. The summed E-state index contributed by atoms with van der Waals surface area (Å²) in [5.41, 5.74) is 7.13. The van der Waals surface area contributed by atoms with E-state index in [9.17, 15) is 0 Å². The second-order valence-electron chi connectivity index (χ2n) is 4.26. The lowest BCUT2D eigenvalue weighted by atomic mass is 10.0. The topological polar surface area (TPSA) is 53.1 Å². The van der Waals surface area contributed by atoms with Crippen LogP contribution in [0.1, 0.15) is 31.5 Å². The Balaban J connectivity index is 2.23. The standard InChI is InChI=1S/C11H18ClN3O/c1-3-15-10(8(12)6-14-15)9(13)11(16-2)7-4-5-7/h6-7,9,11H,3-5,13H2,1-2H3. The monoisotopic (exact) mass is 243 g/mol. The zero-order chi connectivity index (χ0) is 11.7. The largest absolute Gasteiger partial charge is 0.379 e. The van der Waals surface area contributed by atoms with Crippen LogP contribution in [0.2, 0.25) is 5.02 Å². The molecule has 2 N–H and O–H groups in total. The van der Waals surface area contributed by atoms with Crippen LogP contribution in [0, 0.1) is 5.92 Å². The summed E-state index contributed by atoms with van der Waals surface area (Å²) in [5, 5.41) is 4.84. The van der Waals surface area contributed by atoms with Crippen LogP contribution < -0.4 is 5.73 Å². The molecule has 0 spiro atoms. The number of ether oxygens (including phenoxy) is 1. The summed E-state index contributed by atoms with van der Waals surface area (Å²) in [6, 6.07) is -0.188. The first-order chi connectivity index (χ1) is 7.69. The Morgan fingerprint density at radius 2 is 2.38 bits per heavy atom. The van der Waals surface area contributed by atoms with Crippen molar-refractivity contribution in [3.05, 3.63) is 16.9 Å². The normalized spacial score (nSPS) is 19.8. The lowest BCUT2D eigenvalue weighted by Gasteiger charge is -2.23. The van der Waals surface area contributed by atoms with Gasteiger partial charge in [0, 0.05) is 13.7 Å². The average molecular weight is 244 g/mol. The van der Waals surface area contributed by atoms with Crippen molar-refractivity contribution in [1.29, 1.82) is 0 Å². The molecule has 1 aliphatic rings. The third-order valence-corrected chi connectivity index (χ3v) is 3.45. The molecule has 5 heteroatoms. The minimum absolute atomic E-state index is 0.0551. The van der Waals surface area contributed by atoms with Crippen molar-refractivity contribution in [1.82, 2.24) is 9.78 Å². The molecule has 1 aromatic heterocycles. The van der Waals surface area contributed by atoms with Gasteiger partial charge < -0.3 is 10.5 Å². The molecule has 0 amide bonds. The van der Waals surface area contributed by atoms with Crippen LogP contribution in [0.5, 0.6) is 0 Å². The zero-order valence-corrected chi connectivity index (χ0v) is 10.4. The van der Waals surface area contributed by atoms with Gasteiger partial charge in [0.1, 0.15) is 0 Å². The Morgan fingerprint density at radius 1 is 1.69 bits per heavy atom. The van der Waals surface area contributed by atoms with E-state index in [1.807, 2.05) is 11.6 Å². The average Bonchev–Trinajstić information content (AvgIpc) is 3.02. The molecule has 16 heavy (non-hydrogen) atoms. The van der Waals surface area contributed by atoms with Crippen LogP contribution in [0.25, 0.3) is 0 Å². The summed E-state index contributed by atoms with van der Waals surface area (Å²) in [7, 11) is 1.71. The quantitative estimate of drug-likeness (QED) is 0.861. The molecular weight excluding hydrogens is 226 g/mol. The minimum atomic E-state index is -0.188. The maximum absolute atomic E-state index is 6.24. The molecule has 1 aliphatic carbocycles. The maximum Gasteiger partial charge on any atom is 0.0835 e. The molecule has 2 unspecified atom stereocenters. The molecule has 1 heterocycles. The van der Waals surface area contributed by atoms with Gasteiger partial charge in [-0.05, 0) is 25.7 Å². The first kappa shape index (κ1) is 11.9. The second-order valence-corrected chi connectivity index (χ2v) is 4.66. The predicted molar refractivity (Wildman–Crippen MR) is 63.4 cm³/mol. The van der Waals surface area contributed by atoms with Crippen LogP contribution in [0.15, 0.2) is 6.20 Å². The van der Waals surface area contributed by atoms with Gasteiger partial charge in [-0.25, -0.2) is 0 Å². The first-order valence-electron chi connectivity index (χ1n) is 5.68. The first-order valence-corrected chi connectivity index (χ1v) is 6.06. The highest BCUT2D eigenvalue weighted by molar-refractivity contribution is 6.31. The van der Waals surface area contributed by atoms with Crippen LogP contribution in [-0.4, -0.2) is 23.0 Å². The maximum atomic E-state index is 6.24. The minimum Gasteiger partial charge on any atom is -0.379 e. The molecule has 90 valence electrons. The van der Waals surface area contributed by atoms with E-state index in [1.165, 1.54) is 12.8 Å². The van der Waals surface area contributed by atoms with Crippen LogP contribution in [0.4, 0.5) is 0 Å². The molecule has 1 saturated carbocycles. The summed E-state index contributed by atoms with van der Waals surface area (Å²) < 4.78 is 7.34. The van der Waals surface area contributed by atoms with E-state index in [1.54, 1.807) is 13.3 Å². The van der Waals surface area contributed by atoms with Crippen LogP contribution in [-0.2, 0) is 11.3 Å². The van der Waals surface area contributed by atoms with Crippen LogP contribution >= 0.6 is 11.6 Å². The van der Waals surface area contributed by atoms with Gasteiger partial charge in [-0.3, -0.25) is 4.68 Å². The zero-order valence-electron chi connectivity index (χ0n) is 9.69. The Hall–Kier alpha value is -0.580. The molecule has 0 radical (unpaired) electrons. The second kappa shape index (κ2) is 4.73. The van der Waals surface area contributed by atoms with Crippen molar-refractivity contribution in [3.63, 3.8) is 0 Å². The van der Waals surface area contributed by atoms with E-state index >= 15 is 0 Å². The Bertz CT molecular complexity index is 362. The smallest absolute Gasteiger partial charge is 0.0835 e. The van der Waals surface area contributed by atoms with Crippen molar-refractivity contribution in [2.24, 2.45) is 11.7 Å². The number of hydrogen-bond acceptors (Lipinski definition) is 3. The number of halogens is 1. The predicted octanol–water partition coefficient (Wildman–Crippen LogP) is 1.98. The van der Waals surface area contributed by atoms with E-state index < -0.39 is 0 Å². The summed E-state index contributed by atoms with van der Waals surface area (Å²) >= 11 is 6.13.